The highest BCUT2D eigenvalue weighted by Crippen LogP contribution is 2.29. The minimum Gasteiger partial charge on any atom is -0.330 e. The predicted octanol–water partition coefficient (Wildman–Crippen LogP) is 1.31. The van der Waals surface area contributed by atoms with Gasteiger partial charge in [0.2, 0.25) is 0 Å². The zero-order chi connectivity index (χ0) is 15.3. The van der Waals surface area contributed by atoms with E-state index < -0.39 is 0 Å². The fraction of sp³-hybridized carbons (Fsp3) is 0.562. The Labute approximate surface area is 129 Å². The molecule has 1 N–H and O–H groups in total. The van der Waals surface area contributed by atoms with E-state index in [9.17, 15) is 4.79 Å². The Balaban J connectivity index is 1.72. The van der Waals surface area contributed by atoms with Crippen LogP contribution in [0.15, 0.2) is 12.1 Å². The van der Waals surface area contributed by atoms with Gasteiger partial charge in [-0.05, 0) is 45.7 Å². The lowest BCUT2D eigenvalue weighted by molar-refractivity contribution is 0.0674. The Morgan fingerprint density at radius 3 is 2.91 bits per heavy atom. The van der Waals surface area contributed by atoms with E-state index in [0.29, 0.717) is 17.8 Å². The quantitative estimate of drug-likeness (QED) is 0.862. The molecule has 6 nitrogen and oxygen atoms in total. The van der Waals surface area contributed by atoms with Crippen LogP contribution in [-0.2, 0) is 0 Å². The summed E-state index contributed by atoms with van der Waals surface area (Å²) in [5.74, 6) is 0.0544. The third kappa shape index (κ3) is 2.09. The molecular formula is C16H21N5O. The van der Waals surface area contributed by atoms with Crippen LogP contribution in [0.2, 0.25) is 0 Å². The standard InChI is InChI=1S/C16H21N5O/c1-10-7-11(2)21-15(18-10)8-14(19-21)16(22)20-12-3-4-13(20)9-17-6-5-12/h7-8,12-13,17H,3-6,9H2,1-2H3/t12-,13+/m1/s1. The zero-order valence-corrected chi connectivity index (χ0v) is 13.0. The normalized spacial score (nSPS) is 24.7. The molecule has 2 atom stereocenters. The average Bonchev–Trinajstić information content (AvgIpc) is 2.98. The summed E-state index contributed by atoms with van der Waals surface area (Å²) in [6.07, 6.45) is 3.24. The molecule has 2 aromatic rings. The summed E-state index contributed by atoms with van der Waals surface area (Å²) >= 11 is 0. The SMILES string of the molecule is Cc1cc(C)n2nc(C(=O)N3[C@H]4CCNC[C@@H]3CC4)cc2n1. The third-order valence-corrected chi connectivity index (χ3v) is 4.84. The van der Waals surface area contributed by atoms with Crippen LogP contribution in [0.1, 0.15) is 41.1 Å². The molecule has 2 aliphatic rings. The highest BCUT2D eigenvalue weighted by molar-refractivity contribution is 5.94. The van der Waals surface area contributed by atoms with Gasteiger partial charge in [-0.15, -0.1) is 0 Å². The van der Waals surface area contributed by atoms with E-state index in [-0.39, 0.29) is 5.91 Å². The van der Waals surface area contributed by atoms with Gasteiger partial charge in [-0.2, -0.15) is 5.10 Å². The number of nitrogens with one attached hydrogen (secondary N) is 1. The van der Waals surface area contributed by atoms with Crippen molar-refractivity contribution in [1.29, 1.82) is 0 Å². The second-order valence-corrected chi connectivity index (χ2v) is 6.43. The fourth-order valence-electron chi connectivity index (χ4n) is 3.84. The second-order valence-electron chi connectivity index (χ2n) is 6.43. The van der Waals surface area contributed by atoms with Gasteiger partial charge in [-0.3, -0.25) is 4.79 Å². The van der Waals surface area contributed by atoms with Gasteiger partial charge in [0.25, 0.3) is 5.91 Å². The van der Waals surface area contributed by atoms with Crippen LogP contribution >= 0.6 is 0 Å². The van der Waals surface area contributed by atoms with Gasteiger partial charge >= 0.3 is 0 Å². The first kappa shape index (κ1) is 13.7. The molecule has 0 spiro atoms. The van der Waals surface area contributed by atoms with Gasteiger partial charge in [0.15, 0.2) is 11.3 Å². The summed E-state index contributed by atoms with van der Waals surface area (Å²) in [5, 5.41) is 7.92. The Kier molecular flexibility index (Phi) is 3.14. The molecular weight excluding hydrogens is 278 g/mol. The Morgan fingerprint density at radius 2 is 2.05 bits per heavy atom. The third-order valence-electron chi connectivity index (χ3n) is 4.84. The molecule has 4 heterocycles. The van der Waals surface area contributed by atoms with Gasteiger partial charge in [-0.1, -0.05) is 0 Å². The summed E-state index contributed by atoms with van der Waals surface area (Å²) in [6.45, 7) is 5.84. The largest absolute Gasteiger partial charge is 0.330 e. The number of amides is 1. The molecule has 4 rings (SSSR count). The molecule has 2 aromatic heterocycles. The van der Waals surface area contributed by atoms with Gasteiger partial charge in [0, 0.05) is 36.1 Å². The molecule has 2 saturated heterocycles. The topological polar surface area (TPSA) is 62.5 Å². The monoisotopic (exact) mass is 299 g/mol. The van der Waals surface area contributed by atoms with Gasteiger partial charge < -0.3 is 10.2 Å². The molecule has 2 bridgehead atoms. The number of fused-ring (bicyclic) bond motifs is 3. The van der Waals surface area contributed by atoms with Crippen molar-refractivity contribution in [3.63, 3.8) is 0 Å². The maximum absolute atomic E-state index is 13.0. The van der Waals surface area contributed by atoms with Gasteiger partial charge in [0.05, 0.1) is 0 Å². The molecule has 2 fully saturated rings. The highest BCUT2D eigenvalue weighted by Gasteiger charge is 2.39. The van der Waals surface area contributed by atoms with Crippen LogP contribution in [-0.4, -0.2) is 50.6 Å². The van der Waals surface area contributed by atoms with Crippen LogP contribution in [0.5, 0.6) is 0 Å². The van der Waals surface area contributed by atoms with Crippen molar-refractivity contribution in [3.8, 4) is 0 Å². The van der Waals surface area contributed by atoms with E-state index >= 15 is 0 Å². The van der Waals surface area contributed by atoms with E-state index in [1.807, 2.05) is 26.0 Å². The van der Waals surface area contributed by atoms with E-state index in [0.717, 1.165) is 49.4 Å². The zero-order valence-electron chi connectivity index (χ0n) is 13.0. The number of carbonyl (C=O) groups excluding carboxylic acids is 1. The van der Waals surface area contributed by atoms with Gasteiger partial charge in [0.1, 0.15) is 0 Å². The van der Waals surface area contributed by atoms with E-state index in [1.54, 1.807) is 4.52 Å². The number of nitrogens with zero attached hydrogens (tertiary/aromatic N) is 4. The smallest absolute Gasteiger partial charge is 0.274 e. The minimum absolute atomic E-state index is 0.0544. The lowest BCUT2D eigenvalue weighted by atomic mass is 10.1. The number of hydrogen-bond acceptors (Lipinski definition) is 4. The van der Waals surface area contributed by atoms with Crippen LogP contribution < -0.4 is 5.32 Å². The summed E-state index contributed by atoms with van der Waals surface area (Å²) in [5.41, 5.74) is 3.21. The Bertz CT molecular complexity index is 723. The molecule has 116 valence electrons. The molecule has 1 amide bonds. The van der Waals surface area contributed by atoms with E-state index in [4.69, 9.17) is 0 Å². The van der Waals surface area contributed by atoms with Crippen molar-refractivity contribution in [2.24, 2.45) is 0 Å². The predicted molar refractivity (Wildman–Crippen MR) is 82.9 cm³/mol. The minimum atomic E-state index is 0.0544. The maximum atomic E-state index is 13.0. The number of hydrogen-bond donors (Lipinski definition) is 1. The van der Waals surface area contributed by atoms with Crippen molar-refractivity contribution in [2.75, 3.05) is 13.1 Å². The molecule has 2 aliphatic heterocycles. The van der Waals surface area contributed by atoms with Crippen LogP contribution in [0.4, 0.5) is 0 Å². The molecule has 0 unspecified atom stereocenters. The van der Waals surface area contributed by atoms with Crippen molar-refractivity contribution in [3.05, 3.63) is 29.2 Å². The summed E-state index contributed by atoms with van der Waals surface area (Å²) in [7, 11) is 0. The molecule has 0 aliphatic carbocycles. The highest BCUT2D eigenvalue weighted by atomic mass is 16.2. The van der Waals surface area contributed by atoms with Crippen LogP contribution in [0, 0.1) is 13.8 Å². The molecule has 22 heavy (non-hydrogen) atoms. The van der Waals surface area contributed by atoms with Crippen LogP contribution in [0.3, 0.4) is 0 Å². The number of rotatable bonds is 1. The van der Waals surface area contributed by atoms with Crippen LogP contribution in [0.25, 0.3) is 5.65 Å². The lowest BCUT2D eigenvalue weighted by Gasteiger charge is -2.26. The van der Waals surface area contributed by atoms with Gasteiger partial charge in [-0.25, -0.2) is 9.50 Å². The Morgan fingerprint density at radius 1 is 1.23 bits per heavy atom. The van der Waals surface area contributed by atoms with Crippen molar-refractivity contribution < 1.29 is 4.79 Å². The first-order chi connectivity index (χ1) is 10.6. The summed E-state index contributed by atoms with van der Waals surface area (Å²) in [6, 6.07) is 4.46. The average molecular weight is 299 g/mol. The maximum Gasteiger partial charge on any atom is 0.274 e. The lowest BCUT2D eigenvalue weighted by Crippen LogP contribution is -2.42. The van der Waals surface area contributed by atoms with Crippen molar-refractivity contribution >= 4 is 11.6 Å². The first-order valence-electron chi connectivity index (χ1n) is 8.01. The fourth-order valence-corrected chi connectivity index (χ4v) is 3.84. The summed E-state index contributed by atoms with van der Waals surface area (Å²) in [4.78, 5) is 19.5. The number of carbonyl (C=O) groups is 1. The second kappa shape index (κ2) is 5.05. The molecule has 0 saturated carbocycles. The molecule has 0 aromatic carbocycles. The van der Waals surface area contributed by atoms with Crippen molar-refractivity contribution in [2.45, 2.75) is 45.2 Å². The van der Waals surface area contributed by atoms with Crippen molar-refractivity contribution in [1.82, 2.24) is 24.8 Å². The number of aryl methyl sites for hydroxylation is 2. The number of aromatic nitrogens is 3. The van der Waals surface area contributed by atoms with E-state index in [1.165, 1.54) is 0 Å². The first-order valence-corrected chi connectivity index (χ1v) is 8.01. The molecule has 6 heteroatoms. The summed E-state index contributed by atoms with van der Waals surface area (Å²) < 4.78 is 1.76. The molecule has 0 radical (unpaired) electrons. The Hall–Kier alpha value is -1.95. The van der Waals surface area contributed by atoms with E-state index in [2.05, 4.69) is 20.3 Å².